The molecular weight excluding hydrogens is 363 g/mol. The molecule has 3 aliphatic rings. The lowest BCUT2D eigenvalue weighted by Crippen LogP contribution is -2.55. The standard InChI is InChI=1S/C17H32N4O2.2ClH/c1-19(15-2-6-18-7-3-15)14-17(22)21-10-8-20(9-11-21)16-4-12-23-13-5-16;;/h15-16,18H,2-14H2,1H3;2*1H. The molecule has 25 heavy (non-hydrogen) atoms. The molecule has 0 aromatic carbocycles. The summed E-state index contributed by atoms with van der Waals surface area (Å²) in [6.07, 6.45) is 4.60. The van der Waals surface area contributed by atoms with E-state index in [-0.39, 0.29) is 24.8 Å². The fourth-order valence-corrected chi connectivity index (χ4v) is 4.08. The molecule has 0 aromatic heterocycles. The second-order valence-corrected chi connectivity index (χ2v) is 7.16. The zero-order valence-electron chi connectivity index (χ0n) is 15.3. The maximum absolute atomic E-state index is 12.6. The minimum Gasteiger partial charge on any atom is -0.381 e. The van der Waals surface area contributed by atoms with Gasteiger partial charge in [-0.25, -0.2) is 0 Å². The van der Waals surface area contributed by atoms with Gasteiger partial charge in [0.2, 0.25) is 5.91 Å². The Hall–Kier alpha value is -0.110. The predicted molar refractivity (Wildman–Crippen MR) is 105 cm³/mol. The molecule has 0 unspecified atom stereocenters. The van der Waals surface area contributed by atoms with Crippen LogP contribution in [0.15, 0.2) is 0 Å². The Balaban J connectivity index is 0.00000156. The van der Waals surface area contributed by atoms with Gasteiger partial charge in [0.1, 0.15) is 0 Å². The van der Waals surface area contributed by atoms with Crippen LogP contribution in [0.25, 0.3) is 0 Å². The highest BCUT2D eigenvalue weighted by Gasteiger charge is 2.28. The number of amides is 1. The van der Waals surface area contributed by atoms with Crippen molar-refractivity contribution in [1.82, 2.24) is 20.0 Å². The van der Waals surface area contributed by atoms with Crippen LogP contribution < -0.4 is 5.32 Å². The summed E-state index contributed by atoms with van der Waals surface area (Å²) in [5.74, 6) is 0.303. The van der Waals surface area contributed by atoms with Crippen molar-refractivity contribution >= 4 is 30.7 Å². The lowest BCUT2D eigenvalue weighted by molar-refractivity contribution is -0.135. The van der Waals surface area contributed by atoms with Crippen LogP contribution in [0, 0.1) is 0 Å². The summed E-state index contributed by atoms with van der Waals surface area (Å²) in [5.41, 5.74) is 0. The van der Waals surface area contributed by atoms with Crippen molar-refractivity contribution in [3.8, 4) is 0 Å². The first-order chi connectivity index (χ1) is 11.2. The molecule has 0 aliphatic carbocycles. The van der Waals surface area contributed by atoms with Gasteiger partial charge in [-0.2, -0.15) is 0 Å². The number of piperidine rings is 1. The summed E-state index contributed by atoms with van der Waals surface area (Å²) in [7, 11) is 2.10. The lowest BCUT2D eigenvalue weighted by atomic mass is 10.1. The van der Waals surface area contributed by atoms with Crippen molar-refractivity contribution in [2.75, 3.05) is 66.1 Å². The van der Waals surface area contributed by atoms with Gasteiger partial charge in [-0.15, -0.1) is 24.8 Å². The number of nitrogens with one attached hydrogen (secondary N) is 1. The second kappa shape index (κ2) is 11.6. The number of ether oxygens (including phenoxy) is 1. The zero-order chi connectivity index (χ0) is 16.1. The molecule has 0 atom stereocenters. The number of nitrogens with zero attached hydrogens (tertiary/aromatic N) is 3. The van der Waals surface area contributed by atoms with Crippen molar-refractivity contribution < 1.29 is 9.53 Å². The molecule has 3 fully saturated rings. The quantitative estimate of drug-likeness (QED) is 0.762. The Morgan fingerprint density at radius 1 is 1.04 bits per heavy atom. The smallest absolute Gasteiger partial charge is 0.236 e. The van der Waals surface area contributed by atoms with E-state index >= 15 is 0 Å². The van der Waals surface area contributed by atoms with E-state index in [0.29, 0.717) is 24.5 Å². The van der Waals surface area contributed by atoms with E-state index in [1.54, 1.807) is 0 Å². The van der Waals surface area contributed by atoms with Gasteiger partial charge in [0.25, 0.3) is 0 Å². The van der Waals surface area contributed by atoms with E-state index in [2.05, 4.69) is 27.1 Å². The highest BCUT2D eigenvalue weighted by molar-refractivity contribution is 5.85. The predicted octanol–water partition coefficient (Wildman–Crippen LogP) is 0.837. The monoisotopic (exact) mass is 396 g/mol. The van der Waals surface area contributed by atoms with Crippen LogP contribution in [-0.4, -0.2) is 98.8 Å². The number of hydrogen-bond acceptors (Lipinski definition) is 5. The molecule has 1 amide bonds. The van der Waals surface area contributed by atoms with Crippen LogP contribution in [0.3, 0.4) is 0 Å². The molecule has 1 N–H and O–H groups in total. The summed E-state index contributed by atoms with van der Waals surface area (Å²) >= 11 is 0. The highest BCUT2D eigenvalue weighted by atomic mass is 35.5. The molecule has 0 radical (unpaired) electrons. The van der Waals surface area contributed by atoms with Gasteiger partial charge in [0.05, 0.1) is 6.54 Å². The van der Waals surface area contributed by atoms with Crippen LogP contribution in [-0.2, 0) is 9.53 Å². The van der Waals surface area contributed by atoms with Crippen LogP contribution in [0.4, 0.5) is 0 Å². The van der Waals surface area contributed by atoms with Crippen LogP contribution in [0.1, 0.15) is 25.7 Å². The number of likely N-dealkylation sites (N-methyl/N-ethyl adjacent to an activating group) is 1. The van der Waals surface area contributed by atoms with Crippen molar-refractivity contribution in [2.24, 2.45) is 0 Å². The van der Waals surface area contributed by atoms with E-state index in [0.717, 1.165) is 78.2 Å². The number of hydrogen-bond donors (Lipinski definition) is 1. The fourth-order valence-electron chi connectivity index (χ4n) is 4.08. The highest BCUT2D eigenvalue weighted by Crippen LogP contribution is 2.17. The molecule has 8 heteroatoms. The van der Waals surface area contributed by atoms with Gasteiger partial charge < -0.3 is 15.0 Å². The molecule has 3 saturated heterocycles. The molecule has 3 aliphatic heterocycles. The first-order valence-corrected chi connectivity index (χ1v) is 9.24. The Bertz CT molecular complexity index is 383. The van der Waals surface area contributed by atoms with E-state index in [1.807, 2.05) is 0 Å². The molecule has 3 rings (SSSR count). The van der Waals surface area contributed by atoms with Gasteiger partial charge in [-0.05, 0) is 45.8 Å². The largest absolute Gasteiger partial charge is 0.381 e. The van der Waals surface area contributed by atoms with Crippen molar-refractivity contribution in [2.45, 2.75) is 37.8 Å². The summed E-state index contributed by atoms with van der Waals surface area (Å²) < 4.78 is 5.45. The Morgan fingerprint density at radius 3 is 2.24 bits per heavy atom. The zero-order valence-corrected chi connectivity index (χ0v) is 17.0. The number of rotatable bonds is 4. The van der Waals surface area contributed by atoms with Crippen LogP contribution in [0.2, 0.25) is 0 Å². The normalized spacial score (nSPS) is 23.8. The lowest BCUT2D eigenvalue weighted by Gasteiger charge is -2.41. The molecule has 3 heterocycles. The van der Waals surface area contributed by atoms with Crippen molar-refractivity contribution in [3.05, 3.63) is 0 Å². The first kappa shape index (κ1) is 22.9. The number of piperazine rings is 1. The van der Waals surface area contributed by atoms with Gasteiger partial charge >= 0.3 is 0 Å². The minimum atomic E-state index is 0. The summed E-state index contributed by atoms with van der Waals surface area (Å²) in [5, 5.41) is 3.39. The van der Waals surface area contributed by atoms with Crippen molar-refractivity contribution in [1.29, 1.82) is 0 Å². The number of halogens is 2. The van der Waals surface area contributed by atoms with E-state index < -0.39 is 0 Å². The van der Waals surface area contributed by atoms with Gasteiger partial charge in [0, 0.05) is 51.5 Å². The average Bonchev–Trinajstić information content (AvgIpc) is 2.63. The number of carbonyl (C=O) groups is 1. The summed E-state index contributed by atoms with van der Waals surface area (Å²) in [6.45, 7) is 8.32. The summed E-state index contributed by atoms with van der Waals surface area (Å²) in [6, 6.07) is 1.22. The SMILES string of the molecule is CN(CC(=O)N1CCN(C2CCOCC2)CC1)C1CCNCC1.Cl.Cl. The summed E-state index contributed by atoms with van der Waals surface area (Å²) in [4.78, 5) is 19.4. The molecule has 6 nitrogen and oxygen atoms in total. The van der Waals surface area contributed by atoms with E-state index in [4.69, 9.17) is 4.74 Å². The molecule has 0 saturated carbocycles. The third-order valence-corrected chi connectivity index (χ3v) is 5.69. The molecule has 148 valence electrons. The molecule has 0 bridgehead atoms. The average molecular weight is 397 g/mol. The van der Waals surface area contributed by atoms with Gasteiger partial charge in [-0.3, -0.25) is 14.6 Å². The topological polar surface area (TPSA) is 48.1 Å². The minimum absolute atomic E-state index is 0. The third kappa shape index (κ3) is 6.52. The van der Waals surface area contributed by atoms with E-state index in [1.165, 1.54) is 0 Å². The van der Waals surface area contributed by atoms with Gasteiger partial charge in [-0.1, -0.05) is 0 Å². The molecular formula is C17H34Cl2N4O2. The van der Waals surface area contributed by atoms with E-state index in [9.17, 15) is 4.79 Å². The maximum Gasteiger partial charge on any atom is 0.236 e. The third-order valence-electron chi connectivity index (χ3n) is 5.69. The second-order valence-electron chi connectivity index (χ2n) is 7.16. The number of carbonyl (C=O) groups excluding carboxylic acids is 1. The Labute approximate surface area is 164 Å². The Kier molecular flexibility index (Phi) is 10.6. The maximum atomic E-state index is 12.6. The van der Waals surface area contributed by atoms with Crippen LogP contribution in [0.5, 0.6) is 0 Å². The molecule has 0 aromatic rings. The first-order valence-electron chi connectivity index (χ1n) is 9.24. The van der Waals surface area contributed by atoms with Crippen molar-refractivity contribution in [3.63, 3.8) is 0 Å². The van der Waals surface area contributed by atoms with Crippen LogP contribution >= 0.6 is 24.8 Å². The Morgan fingerprint density at radius 2 is 1.64 bits per heavy atom. The molecule has 0 spiro atoms. The fraction of sp³-hybridized carbons (Fsp3) is 0.941. The van der Waals surface area contributed by atoms with Gasteiger partial charge in [0.15, 0.2) is 0 Å².